The van der Waals surface area contributed by atoms with E-state index in [9.17, 15) is 8.78 Å². The van der Waals surface area contributed by atoms with Crippen molar-refractivity contribution in [1.82, 2.24) is 10.2 Å². The number of alkyl halides is 2. The van der Waals surface area contributed by atoms with Crippen LogP contribution in [0.3, 0.4) is 0 Å². The van der Waals surface area contributed by atoms with E-state index in [-0.39, 0.29) is 24.9 Å². The molecule has 1 aliphatic heterocycles. The van der Waals surface area contributed by atoms with Crippen molar-refractivity contribution in [2.75, 3.05) is 33.3 Å². The highest BCUT2D eigenvalue weighted by Crippen LogP contribution is 2.36. The molecule has 0 amide bonds. The molecule has 0 bridgehead atoms. The first-order valence-corrected chi connectivity index (χ1v) is 7.99. The fraction of sp³-hybridized carbons (Fsp3) is 0.444. The SMILES string of the molecule is COc1ccc([C@H](CC(F)F)N2CCNCC2)c2ccccc12.Cl. The summed E-state index contributed by atoms with van der Waals surface area (Å²) in [5, 5.41) is 5.25. The second-order valence-electron chi connectivity index (χ2n) is 5.83. The molecule has 1 aliphatic rings. The number of rotatable bonds is 5. The van der Waals surface area contributed by atoms with Gasteiger partial charge in [0.2, 0.25) is 6.43 Å². The smallest absolute Gasteiger partial charge is 0.240 e. The Bertz CT molecular complexity index is 663. The summed E-state index contributed by atoms with van der Waals surface area (Å²) in [6.45, 7) is 3.26. The lowest BCUT2D eigenvalue weighted by Crippen LogP contribution is -2.45. The molecule has 1 atom stereocenters. The number of piperazine rings is 1. The van der Waals surface area contributed by atoms with Gasteiger partial charge in [-0.25, -0.2) is 8.78 Å². The molecule has 1 N–H and O–H groups in total. The molecule has 0 saturated carbocycles. The van der Waals surface area contributed by atoms with E-state index >= 15 is 0 Å². The van der Waals surface area contributed by atoms with Crippen molar-refractivity contribution in [2.45, 2.75) is 18.9 Å². The fourth-order valence-corrected chi connectivity index (χ4v) is 3.40. The lowest BCUT2D eigenvalue weighted by Gasteiger charge is -2.35. The number of nitrogens with zero attached hydrogens (tertiary/aromatic N) is 1. The van der Waals surface area contributed by atoms with Crippen LogP contribution in [0.1, 0.15) is 18.0 Å². The van der Waals surface area contributed by atoms with E-state index in [4.69, 9.17) is 4.74 Å². The number of methoxy groups -OCH3 is 1. The molecule has 3 rings (SSSR count). The van der Waals surface area contributed by atoms with Crippen LogP contribution in [0.5, 0.6) is 5.75 Å². The molecule has 0 aliphatic carbocycles. The number of ether oxygens (including phenoxy) is 1. The Kier molecular flexibility index (Phi) is 6.78. The molecule has 3 nitrogen and oxygen atoms in total. The highest BCUT2D eigenvalue weighted by molar-refractivity contribution is 5.91. The Morgan fingerprint density at radius 3 is 2.38 bits per heavy atom. The lowest BCUT2D eigenvalue weighted by molar-refractivity contribution is 0.0744. The maximum absolute atomic E-state index is 13.2. The molecule has 6 heteroatoms. The van der Waals surface area contributed by atoms with E-state index in [2.05, 4.69) is 10.2 Å². The van der Waals surface area contributed by atoms with Crippen molar-refractivity contribution < 1.29 is 13.5 Å². The van der Waals surface area contributed by atoms with Gasteiger partial charge >= 0.3 is 0 Å². The van der Waals surface area contributed by atoms with E-state index < -0.39 is 6.43 Å². The van der Waals surface area contributed by atoms with Crippen LogP contribution in [0.2, 0.25) is 0 Å². The first-order chi connectivity index (χ1) is 11.2. The largest absolute Gasteiger partial charge is 0.496 e. The molecule has 0 spiro atoms. The second kappa shape index (κ2) is 8.60. The van der Waals surface area contributed by atoms with E-state index in [0.29, 0.717) is 0 Å². The molecule has 2 aromatic rings. The van der Waals surface area contributed by atoms with Gasteiger partial charge in [-0.05, 0) is 17.0 Å². The van der Waals surface area contributed by atoms with Gasteiger partial charge in [-0.3, -0.25) is 4.90 Å². The van der Waals surface area contributed by atoms with Gasteiger partial charge in [-0.15, -0.1) is 12.4 Å². The highest BCUT2D eigenvalue weighted by Gasteiger charge is 2.27. The number of fused-ring (bicyclic) bond motifs is 1. The zero-order valence-corrected chi connectivity index (χ0v) is 14.5. The van der Waals surface area contributed by atoms with Crippen molar-refractivity contribution in [3.8, 4) is 5.75 Å². The first kappa shape index (κ1) is 18.9. The highest BCUT2D eigenvalue weighted by atomic mass is 35.5. The monoisotopic (exact) mass is 356 g/mol. The summed E-state index contributed by atoms with van der Waals surface area (Å²) in [6.07, 6.45) is -2.47. The number of benzene rings is 2. The Morgan fingerprint density at radius 2 is 1.75 bits per heavy atom. The second-order valence-corrected chi connectivity index (χ2v) is 5.83. The van der Waals surface area contributed by atoms with Gasteiger partial charge in [-0.1, -0.05) is 30.3 Å². The summed E-state index contributed by atoms with van der Waals surface area (Å²) in [4.78, 5) is 2.16. The molecule has 0 radical (unpaired) electrons. The van der Waals surface area contributed by atoms with Crippen molar-refractivity contribution in [3.05, 3.63) is 42.0 Å². The van der Waals surface area contributed by atoms with Crippen LogP contribution in [-0.4, -0.2) is 44.6 Å². The third-order valence-electron chi connectivity index (χ3n) is 4.49. The van der Waals surface area contributed by atoms with Crippen LogP contribution in [-0.2, 0) is 0 Å². The zero-order valence-electron chi connectivity index (χ0n) is 13.7. The van der Waals surface area contributed by atoms with Crippen LogP contribution in [0.4, 0.5) is 8.78 Å². The first-order valence-electron chi connectivity index (χ1n) is 7.99. The van der Waals surface area contributed by atoms with Gasteiger partial charge in [0.15, 0.2) is 0 Å². The van der Waals surface area contributed by atoms with E-state index in [0.717, 1.165) is 48.3 Å². The van der Waals surface area contributed by atoms with Gasteiger partial charge in [0.25, 0.3) is 0 Å². The molecule has 1 saturated heterocycles. The Hall–Kier alpha value is -1.43. The molecule has 1 heterocycles. The molecule has 1 fully saturated rings. The van der Waals surface area contributed by atoms with Crippen LogP contribution >= 0.6 is 12.4 Å². The number of halogens is 3. The van der Waals surface area contributed by atoms with Crippen LogP contribution in [0.25, 0.3) is 10.8 Å². The Labute approximate surface area is 147 Å². The predicted octanol–water partition coefficient (Wildman–Crippen LogP) is 3.87. The quantitative estimate of drug-likeness (QED) is 0.880. The third kappa shape index (κ3) is 3.97. The van der Waals surface area contributed by atoms with Gasteiger partial charge in [0.1, 0.15) is 5.75 Å². The van der Waals surface area contributed by atoms with Gasteiger partial charge in [0, 0.05) is 44.0 Å². The number of nitrogens with one attached hydrogen (secondary N) is 1. The number of hydrogen-bond donors (Lipinski definition) is 1. The van der Waals surface area contributed by atoms with Crippen LogP contribution < -0.4 is 10.1 Å². The van der Waals surface area contributed by atoms with E-state index in [1.165, 1.54) is 0 Å². The maximum Gasteiger partial charge on any atom is 0.240 e. The van der Waals surface area contributed by atoms with Crippen molar-refractivity contribution in [2.24, 2.45) is 0 Å². The average molecular weight is 357 g/mol. The van der Waals surface area contributed by atoms with Gasteiger partial charge < -0.3 is 10.1 Å². The summed E-state index contributed by atoms with van der Waals surface area (Å²) < 4.78 is 31.8. The zero-order chi connectivity index (χ0) is 16.2. The van der Waals surface area contributed by atoms with Crippen LogP contribution in [0, 0.1) is 0 Å². The van der Waals surface area contributed by atoms with Crippen LogP contribution in [0.15, 0.2) is 36.4 Å². The lowest BCUT2D eigenvalue weighted by atomic mass is 9.94. The van der Waals surface area contributed by atoms with Gasteiger partial charge in [0.05, 0.1) is 7.11 Å². The minimum atomic E-state index is -2.32. The summed E-state index contributed by atoms with van der Waals surface area (Å²) in [5.74, 6) is 0.778. The third-order valence-corrected chi connectivity index (χ3v) is 4.49. The topological polar surface area (TPSA) is 24.5 Å². The summed E-state index contributed by atoms with van der Waals surface area (Å²) in [7, 11) is 1.63. The van der Waals surface area contributed by atoms with E-state index in [1.54, 1.807) is 7.11 Å². The standard InChI is InChI=1S/C18H22F2N2O.ClH/c1-23-17-7-6-14(13-4-2-3-5-15(13)17)16(12-18(19)20)22-10-8-21-9-11-22;/h2-7,16,18,21H,8-12H2,1H3;1H/t16-;/m0./s1. The van der Waals surface area contributed by atoms with Crippen molar-refractivity contribution in [1.29, 1.82) is 0 Å². The molecule has 2 aromatic carbocycles. The Balaban J connectivity index is 0.00000208. The number of hydrogen-bond acceptors (Lipinski definition) is 3. The Morgan fingerprint density at radius 1 is 1.08 bits per heavy atom. The minimum absolute atomic E-state index is 0. The van der Waals surface area contributed by atoms with E-state index in [1.807, 2.05) is 36.4 Å². The summed E-state index contributed by atoms with van der Waals surface area (Å²) >= 11 is 0. The summed E-state index contributed by atoms with van der Waals surface area (Å²) in [6, 6.07) is 11.4. The molecule has 132 valence electrons. The molecule has 0 aromatic heterocycles. The molecular weight excluding hydrogens is 334 g/mol. The van der Waals surface area contributed by atoms with Crippen molar-refractivity contribution in [3.63, 3.8) is 0 Å². The molecule has 24 heavy (non-hydrogen) atoms. The molecule has 0 unspecified atom stereocenters. The minimum Gasteiger partial charge on any atom is -0.496 e. The van der Waals surface area contributed by atoms with Gasteiger partial charge in [-0.2, -0.15) is 0 Å². The summed E-state index contributed by atoms with van der Waals surface area (Å²) in [5.41, 5.74) is 0.962. The molecular formula is C18H23ClF2N2O. The fourth-order valence-electron chi connectivity index (χ4n) is 3.40. The predicted molar refractivity (Wildman–Crippen MR) is 95.6 cm³/mol. The maximum atomic E-state index is 13.2. The average Bonchev–Trinajstić information content (AvgIpc) is 2.59. The normalized spacial score (nSPS) is 16.8. The van der Waals surface area contributed by atoms with Crippen molar-refractivity contribution >= 4 is 23.2 Å².